The molecular weight excluding hydrogens is 294 g/mol. The van der Waals surface area contributed by atoms with Crippen LogP contribution in [0.3, 0.4) is 0 Å². The number of piperidine rings is 1. The zero-order valence-corrected chi connectivity index (χ0v) is 14.8. The number of rotatable bonds is 8. The van der Waals surface area contributed by atoms with Crippen molar-refractivity contribution in [2.75, 3.05) is 45.2 Å². The fourth-order valence-electron chi connectivity index (χ4n) is 2.45. The van der Waals surface area contributed by atoms with Crippen LogP contribution in [-0.2, 0) is 10.2 Å². The molecule has 0 amide bonds. The zero-order chi connectivity index (χ0) is 15.2. The van der Waals surface area contributed by atoms with Crippen LogP contribution in [0.25, 0.3) is 0 Å². The Balaban J connectivity index is 2.54. The van der Waals surface area contributed by atoms with Gasteiger partial charge in [-0.05, 0) is 45.0 Å². The van der Waals surface area contributed by atoms with E-state index in [0.717, 1.165) is 31.7 Å². The van der Waals surface area contributed by atoms with Gasteiger partial charge in [-0.1, -0.05) is 6.92 Å². The summed E-state index contributed by atoms with van der Waals surface area (Å²) in [5.74, 6) is 1.43. The number of nitrogens with zero attached hydrogens (tertiary/aromatic N) is 2. The van der Waals surface area contributed by atoms with Gasteiger partial charge in [0.15, 0.2) is 0 Å². The molecule has 0 aromatic carbocycles. The second-order valence-electron chi connectivity index (χ2n) is 5.48. The van der Waals surface area contributed by atoms with Gasteiger partial charge in [0.25, 0.3) is 10.2 Å². The molecule has 1 N–H and O–H groups in total. The SMILES string of the molecule is CCNCC1CCN(S(=O)(=O)N(C)C(C)CSC)CC1. The number of hydrogen-bond donors (Lipinski definition) is 1. The summed E-state index contributed by atoms with van der Waals surface area (Å²) < 4.78 is 28.3. The first-order valence-electron chi connectivity index (χ1n) is 7.36. The molecule has 0 aromatic rings. The van der Waals surface area contributed by atoms with Crippen LogP contribution in [0.1, 0.15) is 26.7 Å². The molecule has 20 heavy (non-hydrogen) atoms. The van der Waals surface area contributed by atoms with Crippen LogP contribution >= 0.6 is 11.8 Å². The van der Waals surface area contributed by atoms with Crippen molar-refractivity contribution < 1.29 is 8.42 Å². The van der Waals surface area contributed by atoms with Crippen molar-refractivity contribution in [3.8, 4) is 0 Å². The van der Waals surface area contributed by atoms with Gasteiger partial charge in [0, 0.05) is 31.9 Å². The number of hydrogen-bond acceptors (Lipinski definition) is 4. The third-order valence-corrected chi connectivity index (χ3v) is 6.90. The molecule has 0 radical (unpaired) electrons. The predicted octanol–water partition coefficient (Wildman–Crippen LogP) is 1.24. The van der Waals surface area contributed by atoms with Gasteiger partial charge in [0.2, 0.25) is 0 Å². The van der Waals surface area contributed by atoms with E-state index in [0.29, 0.717) is 19.0 Å². The van der Waals surface area contributed by atoms with Crippen LogP contribution < -0.4 is 5.32 Å². The lowest BCUT2D eigenvalue weighted by atomic mass is 9.98. The Morgan fingerprint density at radius 2 is 2.00 bits per heavy atom. The molecule has 5 nitrogen and oxygen atoms in total. The van der Waals surface area contributed by atoms with Crippen molar-refractivity contribution in [2.45, 2.75) is 32.7 Å². The Morgan fingerprint density at radius 1 is 1.40 bits per heavy atom. The first kappa shape index (κ1) is 18.2. The predicted molar refractivity (Wildman–Crippen MR) is 87.4 cm³/mol. The van der Waals surface area contributed by atoms with Gasteiger partial charge in [-0.25, -0.2) is 0 Å². The highest BCUT2D eigenvalue weighted by Gasteiger charge is 2.32. The van der Waals surface area contributed by atoms with Gasteiger partial charge in [0.05, 0.1) is 0 Å². The maximum Gasteiger partial charge on any atom is 0.281 e. The van der Waals surface area contributed by atoms with E-state index in [-0.39, 0.29) is 6.04 Å². The van der Waals surface area contributed by atoms with Crippen molar-refractivity contribution in [2.24, 2.45) is 5.92 Å². The summed E-state index contributed by atoms with van der Waals surface area (Å²) in [5, 5.41) is 3.35. The van der Waals surface area contributed by atoms with Gasteiger partial charge in [-0.15, -0.1) is 0 Å². The van der Waals surface area contributed by atoms with Crippen molar-refractivity contribution >= 4 is 22.0 Å². The van der Waals surface area contributed by atoms with Crippen molar-refractivity contribution in [1.29, 1.82) is 0 Å². The van der Waals surface area contributed by atoms with Crippen LogP contribution in [0.15, 0.2) is 0 Å². The summed E-state index contributed by atoms with van der Waals surface area (Å²) >= 11 is 1.68. The summed E-state index contributed by atoms with van der Waals surface area (Å²) in [6.07, 6.45) is 3.91. The maximum absolute atomic E-state index is 12.5. The van der Waals surface area contributed by atoms with E-state index in [9.17, 15) is 8.42 Å². The van der Waals surface area contributed by atoms with Crippen LogP contribution in [0.4, 0.5) is 0 Å². The van der Waals surface area contributed by atoms with Crippen LogP contribution in [-0.4, -0.2) is 68.3 Å². The molecule has 1 saturated heterocycles. The third-order valence-electron chi connectivity index (χ3n) is 3.98. The highest BCUT2D eigenvalue weighted by Crippen LogP contribution is 2.21. The molecule has 1 aliphatic rings. The molecular formula is C13H29N3O2S2. The topological polar surface area (TPSA) is 52.7 Å². The second kappa shape index (κ2) is 8.58. The van der Waals surface area contributed by atoms with Gasteiger partial charge in [-0.2, -0.15) is 28.8 Å². The summed E-state index contributed by atoms with van der Waals surface area (Å²) in [7, 11) is -1.60. The van der Waals surface area contributed by atoms with Crippen molar-refractivity contribution in [1.82, 2.24) is 13.9 Å². The average molecular weight is 324 g/mol. The molecule has 7 heteroatoms. The third kappa shape index (κ3) is 4.87. The quantitative estimate of drug-likeness (QED) is 0.730. The first-order valence-corrected chi connectivity index (χ1v) is 10.1. The van der Waals surface area contributed by atoms with E-state index < -0.39 is 10.2 Å². The molecule has 1 aliphatic heterocycles. The molecule has 0 spiro atoms. The molecule has 1 atom stereocenters. The fraction of sp³-hybridized carbons (Fsp3) is 1.00. The minimum absolute atomic E-state index is 0.0366. The molecule has 0 saturated carbocycles. The van der Waals surface area contributed by atoms with E-state index in [1.165, 1.54) is 4.31 Å². The Bertz CT molecular complexity index is 368. The summed E-state index contributed by atoms with van der Waals surface area (Å²) in [5.41, 5.74) is 0. The second-order valence-corrected chi connectivity index (χ2v) is 8.38. The molecule has 0 aromatic heterocycles. The minimum atomic E-state index is -3.29. The molecule has 1 unspecified atom stereocenters. The van der Waals surface area contributed by atoms with E-state index in [4.69, 9.17) is 0 Å². The van der Waals surface area contributed by atoms with Crippen molar-refractivity contribution in [3.63, 3.8) is 0 Å². The highest BCUT2D eigenvalue weighted by atomic mass is 32.2. The monoisotopic (exact) mass is 323 g/mol. The summed E-state index contributed by atoms with van der Waals surface area (Å²) in [4.78, 5) is 0. The molecule has 1 rings (SSSR count). The normalized spacial score (nSPS) is 20.4. The van der Waals surface area contributed by atoms with Crippen LogP contribution in [0, 0.1) is 5.92 Å². The van der Waals surface area contributed by atoms with Crippen molar-refractivity contribution in [3.05, 3.63) is 0 Å². The summed E-state index contributed by atoms with van der Waals surface area (Å²) in [6.45, 7) is 7.34. The maximum atomic E-state index is 12.5. The molecule has 1 fully saturated rings. The Morgan fingerprint density at radius 3 is 2.50 bits per heavy atom. The van der Waals surface area contributed by atoms with Gasteiger partial charge < -0.3 is 5.32 Å². The summed E-state index contributed by atoms with van der Waals surface area (Å²) in [6, 6.07) is 0.0366. The first-order chi connectivity index (χ1) is 9.43. The van der Waals surface area contributed by atoms with Crippen LogP contribution in [0.2, 0.25) is 0 Å². The van der Waals surface area contributed by atoms with Gasteiger partial charge >= 0.3 is 0 Å². The lowest BCUT2D eigenvalue weighted by molar-refractivity contribution is 0.249. The van der Waals surface area contributed by atoms with Crippen LogP contribution in [0.5, 0.6) is 0 Å². The molecule has 0 bridgehead atoms. The van der Waals surface area contributed by atoms with E-state index in [1.807, 2.05) is 13.2 Å². The molecule has 0 aliphatic carbocycles. The van der Waals surface area contributed by atoms with E-state index in [2.05, 4.69) is 12.2 Å². The standard InChI is InChI=1S/C13H29N3O2S2/c1-5-14-10-13-6-8-16(9-7-13)20(17,18)15(3)12(2)11-19-4/h12-14H,5-11H2,1-4H3. The Labute approximate surface area is 128 Å². The molecule has 120 valence electrons. The minimum Gasteiger partial charge on any atom is -0.317 e. The number of nitrogens with one attached hydrogen (secondary N) is 1. The van der Waals surface area contributed by atoms with E-state index in [1.54, 1.807) is 23.1 Å². The average Bonchev–Trinajstić information content (AvgIpc) is 2.45. The Kier molecular flexibility index (Phi) is 7.82. The lowest BCUT2D eigenvalue weighted by Crippen LogP contribution is -2.49. The lowest BCUT2D eigenvalue weighted by Gasteiger charge is -2.35. The van der Waals surface area contributed by atoms with E-state index >= 15 is 0 Å². The zero-order valence-electron chi connectivity index (χ0n) is 13.1. The highest BCUT2D eigenvalue weighted by molar-refractivity contribution is 7.98. The smallest absolute Gasteiger partial charge is 0.281 e. The number of thioether (sulfide) groups is 1. The Hall–Kier alpha value is 0.180. The largest absolute Gasteiger partial charge is 0.317 e. The molecule has 1 heterocycles. The fourth-order valence-corrected chi connectivity index (χ4v) is 4.81. The van der Waals surface area contributed by atoms with Gasteiger partial charge in [-0.3, -0.25) is 0 Å². The van der Waals surface area contributed by atoms with Gasteiger partial charge in [0.1, 0.15) is 0 Å².